The lowest BCUT2D eigenvalue weighted by Crippen LogP contribution is -2.55. The molecule has 0 radical (unpaired) electrons. The summed E-state index contributed by atoms with van der Waals surface area (Å²) in [6.45, 7) is 9.60. The molecule has 1 saturated heterocycles. The van der Waals surface area contributed by atoms with E-state index in [1.165, 1.54) is 25.7 Å². The van der Waals surface area contributed by atoms with Gasteiger partial charge in [-0.2, -0.15) is 0 Å². The molecule has 3 nitrogen and oxygen atoms in total. The molecule has 130 valence electrons. The summed E-state index contributed by atoms with van der Waals surface area (Å²) >= 11 is 0. The maximum Gasteiger partial charge on any atom is 0.149 e. The molecular weight excluding hydrogens is 288 g/mol. The zero-order chi connectivity index (χ0) is 16.9. The van der Waals surface area contributed by atoms with Gasteiger partial charge in [0.1, 0.15) is 17.6 Å². The van der Waals surface area contributed by atoms with Gasteiger partial charge >= 0.3 is 0 Å². The Balaban J connectivity index is 1.97. The summed E-state index contributed by atoms with van der Waals surface area (Å²) in [6.07, 6.45) is 8.36. The van der Waals surface area contributed by atoms with Crippen LogP contribution in [0.25, 0.3) is 0 Å². The van der Waals surface area contributed by atoms with Crippen molar-refractivity contribution in [1.29, 1.82) is 0 Å². The van der Waals surface area contributed by atoms with E-state index in [4.69, 9.17) is 4.74 Å². The summed E-state index contributed by atoms with van der Waals surface area (Å²) in [5.41, 5.74) is 1.22. The van der Waals surface area contributed by atoms with E-state index in [-0.39, 0.29) is 12.2 Å². The Bertz CT molecular complexity index is 521. The minimum absolute atomic E-state index is 0.00916. The molecule has 3 rings (SSSR count). The van der Waals surface area contributed by atoms with Crippen molar-refractivity contribution in [3.05, 3.63) is 11.3 Å². The van der Waals surface area contributed by atoms with Crippen LogP contribution in [0.5, 0.6) is 0 Å². The predicted molar refractivity (Wildman–Crippen MR) is 90.9 cm³/mol. The molecule has 4 atom stereocenters. The van der Waals surface area contributed by atoms with Crippen molar-refractivity contribution in [2.24, 2.45) is 22.7 Å². The molecule has 0 spiro atoms. The Morgan fingerprint density at radius 2 is 1.96 bits per heavy atom. The average molecular weight is 320 g/mol. The van der Waals surface area contributed by atoms with Crippen LogP contribution in [0.3, 0.4) is 0 Å². The lowest BCUT2D eigenvalue weighted by Gasteiger charge is -2.59. The summed E-state index contributed by atoms with van der Waals surface area (Å²) < 4.78 is 6.38. The third kappa shape index (κ3) is 2.56. The zero-order valence-electron chi connectivity index (χ0n) is 15.2. The molecule has 3 aliphatic rings. The van der Waals surface area contributed by atoms with Crippen molar-refractivity contribution in [2.45, 2.75) is 78.2 Å². The van der Waals surface area contributed by atoms with Crippen molar-refractivity contribution in [1.82, 2.24) is 0 Å². The molecule has 1 N–H and O–H groups in total. The first-order valence-corrected chi connectivity index (χ1v) is 9.24. The fourth-order valence-electron chi connectivity index (χ4n) is 6.27. The Hall–Kier alpha value is -0.830. The van der Waals surface area contributed by atoms with Gasteiger partial charge in [-0.1, -0.05) is 27.2 Å². The van der Waals surface area contributed by atoms with Crippen molar-refractivity contribution in [2.75, 3.05) is 6.61 Å². The lowest BCUT2D eigenvalue weighted by molar-refractivity contribution is -0.142. The van der Waals surface area contributed by atoms with Gasteiger partial charge in [-0.3, -0.25) is 4.79 Å². The zero-order valence-corrected chi connectivity index (χ0v) is 15.2. The Morgan fingerprint density at radius 1 is 1.22 bits per heavy atom. The summed E-state index contributed by atoms with van der Waals surface area (Å²) in [6, 6.07) is 0. The molecule has 1 aliphatic heterocycles. The molecule has 2 aliphatic carbocycles. The van der Waals surface area contributed by atoms with Crippen molar-refractivity contribution < 1.29 is 14.6 Å². The minimum atomic E-state index is -0.141. The summed E-state index contributed by atoms with van der Waals surface area (Å²) in [5, 5.41) is 9.21. The first kappa shape index (κ1) is 17.0. The van der Waals surface area contributed by atoms with E-state index in [0.717, 1.165) is 30.8 Å². The number of hydrogen-bond acceptors (Lipinski definition) is 3. The highest BCUT2D eigenvalue weighted by Crippen LogP contribution is 2.66. The van der Waals surface area contributed by atoms with Gasteiger partial charge in [-0.15, -0.1) is 0 Å². The number of ether oxygens (including phenoxy) is 1. The molecule has 3 heteroatoms. The van der Waals surface area contributed by atoms with Crippen molar-refractivity contribution in [3.63, 3.8) is 0 Å². The van der Waals surface area contributed by atoms with Crippen LogP contribution < -0.4 is 0 Å². The topological polar surface area (TPSA) is 46.5 Å². The molecule has 0 aromatic rings. The number of carbonyl (C=O) groups is 1. The maximum absolute atomic E-state index is 11.4. The fraction of sp³-hybridized carbons (Fsp3) is 0.850. The van der Waals surface area contributed by atoms with E-state index in [1.807, 2.05) is 0 Å². The molecule has 0 aromatic carbocycles. The normalized spacial score (nSPS) is 44.0. The second-order valence-corrected chi connectivity index (χ2v) is 9.15. The van der Waals surface area contributed by atoms with Crippen LogP contribution >= 0.6 is 0 Å². The minimum Gasteiger partial charge on any atom is -0.491 e. The van der Waals surface area contributed by atoms with Gasteiger partial charge in [0.05, 0.1) is 0 Å². The molecular formula is C20H32O3. The van der Waals surface area contributed by atoms with E-state index in [1.54, 1.807) is 0 Å². The summed E-state index contributed by atoms with van der Waals surface area (Å²) in [4.78, 5) is 11.4. The number of aliphatic hydroxyl groups is 1. The number of rotatable bonds is 3. The number of aliphatic hydroxyl groups excluding tert-OH is 1. The lowest BCUT2D eigenvalue weighted by atomic mass is 9.45. The second-order valence-electron chi connectivity index (χ2n) is 9.15. The number of fused-ring (bicyclic) bond motifs is 3. The van der Waals surface area contributed by atoms with Crippen LogP contribution in [0, 0.1) is 22.7 Å². The summed E-state index contributed by atoms with van der Waals surface area (Å²) in [5.74, 6) is 2.08. The van der Waals surface area contributed by atoms with E-state index in [0.29, 0.717) is 28.7 Å². The van der Waals surface area contributed by atoms with Crippen LogP contribution in [0.15, 0.2) is 11.3 Å². The number of carbonyl (C=O) groups excluding carboxylic acids is 1. The van der Waals surface area contributed by atoms with E-state index in [2.05, 4.69) is 27.7 Å². The van der Waals surface area contributed by atoms with Crippen molar-refractivity contribution in [3.8, 4) is 0 Å². The highest BCUT2D eigenvalue weighted by molar-refractivity contribution is 5.74. The van der Waals surface area contributed by atoms with Gasteiger partial charge in [0.2, 0.25) is 0 Å². The van der Waals surface area contributed by atoms with Gasteiger partial charge in [0.15, 0.2) is 0 Å². The molecule has 2 saturated carbocycles. The molecule has 0 aromatic heterocycles. The molecule has 3 fully saturated rings. The van der Waals surface area contributed by atoms with Gasteiger partial charge in [0, 0.05) is 30.9 Å². The van der Waals surface area contributed by atoms with Crippen LogP contribution in [0.2, 0.25) is 0 Å². The third-order valence-corrected chi connectivity index (χ3v) is 7.37. The van der Waals surface area contributed by atoms with Crippen LogP contribution in [0.1, 0.15) is 72.6 Å². The molecule has 23 heavy (non-hydrogen) atoms. The highest BCUT2D eigenvalue weighted by atomic mass is 16.5. The number of hydrogen-bond donors (Lipinski definition) is 1. The molecule has 0 unspecified atom stereocenters. The van der Waals surface area contributed by atoms with Gasteiger partial charge in [-0.05, 0) is 49.4 Å². The van der Waals surface area contributed by atoms with Crippen LogP contribution in [-0.2, 0) is 9.53 Å². The Labute approximate surface area is 140 Å². The van der Waals surface area contributed by atoms with Crippen molar-refractivity contribution >= 4 is 6.29 Å². The van der Waals surface area contributed by atoms with E-state index >= 15 is 0 Å². The first-order chi connectivity index (χ1) is 10.8. The first-order valence-electron chi connectivity index (χ1n) is 9.24. The van der Waals surface area contributed by atoms with Gasteiger partial charge < -0.3 is 9.84 Å². The smallest absolute Gasteiger partial charge is 0.149 e. The molecule has 1 heterocycles. The van der Waals surface area contributed by atoms with E-state index < -0.39 is 0 Å². The molecule has 0 bridgehead atoms. The maximum atomic E-state index is 11.4. The van der Waals surface area contributed by atoms with Crippen LogP contribution in [0.4, 0.5) is 0 Å². The highest BCUT2D eigenvalue weighted by Gasteiger charge is 2.61. The van der Waals surface area contributed by atoms with Gasteiger partial charge in [0.25, 0.3) is 0 Å². The summed E-state index contributed by atoms with van der Waals surface area (Å²) in [7, 11) is 0. The molecule has 0 amide bonds. The Kier molecular flexibility index (Phi) is 4.15. The van der Waals surface area contributed by atoms with E-state index in [9.17, 15) is 9.90 Å². The quantitative estimate of drug-likeness (QED) is 0.625. The van der Waals surface area contributed by atoms with Gasteiger partial charge in [-0.25, -0.2) is 0 Å². The number of allylic oxidation sites excluding steroid dienone is 1. The number of aldehydes is 1. The predicted octanol–water partition coefficient (Wildman–Crippen LogP) is 4.24. The SMILES string of the molecule is CC1(C)CCC[C@]2(C)[C@@H]1CC[C@]1(C)O/C(=C(\C=O)CCO)C[C@@H]21. The van der Waals surface area contributed by atoms with Crippen LogP contribution in [-0.4, -0.2) is 23.6 Å². The fourth-order valence-corrected chi connectivity index (χ4v) is 6.27. The second kappa shape index (κ2) is 5.61. The Morgan fingerprint density at radius 3 is 2.61 bits per heavy atom. The monoisotopic (exact) mass is 320 g/mol. The standard InChI is InChI=1S/C20H32O3/c1-18(2)8-5-9-19(3)16(18)6-10-20(4)17(19)12-15(23-20)14(13-22)7-11-21/h13,16-17,21H,5-12H2,1-4H3/b15-14-/t16-,17+,19-,20+/m1/s1. The third-order valence-electron chi connectivity index (χ3n) is 7.37. The largest absolute Gasteiger partial charge is 0.491 e. The average Bonchev–Trinajstić information content (AvgIpc) is 2.82.